The van der Waals surface area contributed by atoms with Gasteiger partial charge in [0.05, 0.1) is 0 Å². The monoisotopic (exact) mass is 432 g/mol. The summed E-state index contributed by atoms with van der Waals surface area (Å²) >= 11 is 0. The van der Waals surface area contributed by atoms with E-state index in [1.165, 1.54) is 19.3 Å². The van der Waals surface area contributed by atoms with E-state index >= 15 is 0 Å². The highest BCUT2D eigenvalue weighted by atomic mass is 127. The van der Waals surface area contributed by atoms with Crippen molar-refractivity contribution in [2.75, 3.05) is 26.7 Å². The van der Waals surface area contributed by atoms with Crippen molar-refractivity contribution in [2.45, 2.75) is 46.1 Å². The van der Waals surface area contributed by atoms with Crippen molar-refractivity contribution >= 4 is 29.9 Å². The van der Waals surface area contributed by atoms with Crippen molar-refractivity contribution in [3.8, 4) is 0 Å². The quantitative estimate of drug-likeness (QED) is 0.442. The van der Waals surface area contributed by atoms with Gasteiger partial charge in [0.25, 0.3) is 0 Å². The Morgan fingerprint density at radius 3 is 2.70 bits per heavy atom. The van der Waals surface area contributed by atoms with Crippen molar-refractivity contribution < 1.29 is 0 Å². The minimum atomic E-state index is 0. The number of halogens is 1. The molecule has 2 aliphatic rings. The fourth-order valence-corrected chi connectivity index (χ4v) is 3.48. The van der Waals surface area contributed by atoms with Crippen LogP contribution in [0.5, 0.6) is 0 Å². The van der Waals surface area contributed by atoms with E-state index in [4.69, 9.17) is 0 Å². The van der Waals surface area contributed by atoms with E-state index in [0.29, 0.717) is 5.92 Å². The van der Waals surface area contributed by atoms with Gasteiger partial charge in [-0.25, -0.2) is 0 Å². The van der Waals surface area contributed by atoms with E-state index in [-0.39, 0.29) is 24.0 Å². The third-order valence-corrected chi connectivity index (χ3v) is 5.07. The molecule has 1 aromatic heterocycles. The average Bonchev–Trinajstić information content (AvgIpc) is 2.90. The van der Waals surface area contributed by atoms with Crippen molar-refractivity contribution in [2.24, 2.45) is 16.8 Å². The molecule has 0 aliphatic carbocycles. The van der Waals surface area contributed by atoms with Crippen LogP contribution in [0.3, 0.4) is 0 Å². The fourth-order valence-electron chi connectivity index (χ4n) is 3.48. The highest BCUT2D eigenvalue weighted by Crippen LogP contribution is 2.20. The zero-order chi connectivity index (χ0) is 15.5. The molecule has 1 aromatic rings. The molecule has 0 radical (unpaired) electrons. The third-order valence-electron chi connectivity index (χ3n) is 5.07. The van der Waals surface area contributed by atoms with Gasteiger partial charge in [0.2, 0.25) is 0 Å². The van der Waals surface area contributed by atoms with Crippen molar-refractivity contribution in [1.82, 2.24) is 25.0 Å². The molecule has 130 valence electrons. The molecule has 0 spiro atoms. The second-order valence-electron chi connectivity index (χ2n) is 6.78. The minimum Gasteiger partial charge on any atom is -0.356 e. The molecule has 3 rings (SSSR count). The number of aliphatic imine (C=N–C) groups is 1. The summed E-state index contributed by atoms with van der Waals surface area (Å²) in [5, 5.41) is 12.0. The first-order valence-electron chi connectivity index (χ1n) is 8.51. The van der Waals surface area contributed by atoms with E-state index in [2.05, 4.69) is 36.9 Å². The van der Waals surface area contributed by atoms with Crippen LogP contribution >= 0.6 is 24.0 Å². The number of hydrogen-bond acceptors (Lipinski definition) is 3. The second kappa shape index (κ2) is 8.30. The van der Waals surface area contributed by atoms with Crippen LogP contribution in [0.2, 0.25) is 0 Å². The zero-order valence-corrected chi connectivity index (χ0v) is 16.8. The lowest BCUT2D eigenvalue weighted by atomic mass is 9.98. The number of nitrogens with zero attached hydrogens (tertiary/aromatic N) is 5. The van der Waals surface area contributed by atoms with Gasteiger partial charge in [-0.2, -0.15) is 0 Å². The Labute approximate surface area is 156 Å². The van der Waals surface area contributed by atoms with Crippen LogP contribution in [0.15, 0.2) is 4.99 Å². The van der Waals surface area contributed by atoms with Crippen molar-refractivity contribution in [1.29, 1.82) is 0 Å². The van der Waals surface area contributed by atoms with Gasteiger partial charge < -0.3 is 14.8 Å². The van der Waals surface area contributed by atoms with Crippen LogP contribution in [-0.4, -0.2) is 52.3 Å². The predicted molar refractivity (Wildman–Crippen MR) is 103 cm³/mol. The number of likely N-dealkylation sites (tertiary alicyclic amines) is 1. The van der Waals surface area contributed by atoms with Crippen LogP contribution in [0.4, 0.5) is 0 Å². The number of nitrogens with one attached hydrogen (secondary N) is 1. The maximum atomic E-state index is 4.47. The molecular weight excluding hydrogens is 403 g/mol. The molecule has 0 bridgehead atoms. The molecule has 1 atom stereocenters. The fraction of sp³-hybridized carbons (Fsp3) is 0.812. The number of hydrogen-bond donors (Lipinski definition) is 1. The summed E-state index contributed by atoms with van der Waals surface area (Å²) in [6, 6.07) is 0. The van der Waals surface area contributed by atoms with Gasteiger partial charge in [-0.05, 0) is 38.0 Å². The Morgan fingerprint density at radius 1 is 1.26 bits per heavy atom. The first kappa shape index (κ1) is 18.5. The molecule has 7 heteroatoms. The van der Waals surface area contributed by atoms with Gasteiger partial charge >= 0.3 is 0 Å². The molecule has 2 aliphatic heterocycles. The standard InChI is InChI=1S/C16H28N6.HI/c1-12-6-8-21(9-7-12)16(17-3)18-10-14-4-5-15-20-19-13(2)22(15)11-14;/h12,14H,4-11H2,1-3H3,(H,17,18);1H. The molecule has 0 aromatic carbocycles. The number of guanidine groups is 1. The van der Waals surface area contributed by atoms with Crippen LogP contribution in [0, 0.1) is 18.8 Å². The molecular formula is C16H29IN6. The molecule has 1 fully saturated rings. The topological polar surface area (TPSA) is 58.3 Å². The van der Waals surface area contributed by atoms with Gasteiger partial charge in [-0.15, -0.1) is 34.2 Å². The first-order chi connectivity index (χ1) is 10.7. The maximum Gasteiger partial charge on any atom is 0.193 e. The lowest BCUT2D eigenvalue weighted by Crippen LogP contribution is -2.47. The number of piperidine rings is 1. The number of rotatable bonds is 2. The van der Waals surface area contributed by atoms with E-state index in [9.17, 15) is 0 Å². The summed E-state index contributed by atoms with van der Waals surface area (Å²) in [6.07, 6.45) is 4.76. The second-order valence-corrected chi connectivity index (χ2v) is 6.78. The summed E-state index contributed by atoms with van der Waals surface area (Å²) < 4.78 is 2.27. The SMILES string of the molecule is CN=C(NCC1CCc2nnc(C)n2C1)N1CCC(C)CC1.I. The van der Waals surface area contributed by atoms with E-state index in [0.717, 1.165) is 56.1 Å². The van der Waals surface area contributed by atoms with Crippen LogP contribution < -0.4 is 5.32 Å². The largest absolute Gasteiger partial charge is 0.356 e. The predicted octanol–water partition coefficient (Wildman–Crippen LogP) is 2.07. The summed E-state index contributed by atoms with van der Waals surface area (Å²) in [5.74, 6) is 4.72. The average molecular weight is 432 g/mol. The molecule has 23 heavy (non-hydrogen) atoms. The number of fused-ring (bicyclic) bond motifs is 1. The Balaban J connectivity index is 0.00000192. The third kappa shape index (κ3) is 4.36. The number of aromatic nitrogens is 3. The molecule has 1 saturated heterocycles. The Morgan fingerprint density at radius 2 is 2.00 bits per heavy atom. The zero-order valence-electron chi connectivity index (χ0n) is 14.5. The molecule has 6 nitrogen and oxygen atoms in total. The van der Waals surface area contributed by atoms with Crippen LogP contribution in [-0.2, 0) is 13.0 Å². The van der Waals surface area contributed by atoms with E-state index in [1.807, 2.05) is 14.0 Å². The Kier molecular flexibility index (Phi) is 6.67. The Hall–Kier alpha value is -0.860. The van der Waals surface area contributed by atoms with Crippen LogP contribution in [0.25, 0.3) is 0 Å². The summed E-state index contributed by atoms with van der Waals surface area (Å²) in [7, 11) is 1.89. The van der Waals surface area contributed by atoms with Gasteiger partial charge in [0.1, 0.15) is 11.6 Å². The van der Waals surface area contributed by atoms with Crippen LogP contribution in [0.1, 0.15) is 37.8 Å². The molecule has 3 heterocycles. The van der Waals surface area contributed by atoms with Gasteiger partial charge in [0, 0.05) is 39.6 Å². The van der Waals surface area contributed by atoms with E-state index in [1.54, 1.807) is 0 Å². The van der Waals surface area contributed by atoms with Gasteiger partial charge in [-0.3, -0.25) is 4.99 Å². The summed E-state index contributed by atoms with van der Waals surface area (Å²) in [4.78, 5) is 6.87. The summed E-state index contributed by atoms with van der Waals surface area (Å²) in [6.45, 7) is 8.64. The smallest absolute Gasteiger partial charge is 0.193 e. The lowest BCUT2D eigenvalue weighted by Gasteiger charge is -2.34. The normalized spacial score (nSPS) is 22.5. The molecule has 1 N–H and O–H groups in total. The first-order valence-corrected chi connectivity index (χ1v) is 8.51. The van der Waals surface area contributed by atoms with Gasteiger partial charge in [-0.1, -0.05) is 6.92 Å². The summed E-state index contributed by atoms with van der Waals surface area (Å²) in [5.41, 5.74) is 0. The van der Waals surface area contributed by atoms with E-state index < -0.39 is 0 Å². The molecule has 0 amide bonds. The van der Waals surface area contributed by atoms with Crippen molar-refractivity contribution in [3.05, 3.63) is 11.6 Å². The number of aryl methyl sites for hydroxylation is 2. The van der Waals surface area contributed by atoms with Gasteiger partial charge in [0.15, 0.2) is 5.96 Å². The van der Waals surface area contributed by atoms with Crippen molar-refractivity contribution in [3.63, 3.8) is 0 Å². The maximum absolute atomic E-state index is 4.47. The minimum absolute atomic E-state index is 0. The molecule has 1 unspecified atom stereocenters. The highest BCUT2D eigenvalue weighted by molar-refractivity contribution is 14.0. The highest BCUT2D eigenvalue weighted by Gasteiger charge is 2.23. The molecule has 0 saturated carbocycles. The Bertz CT molecular complexity index is 533. The lowest BCUT2D eigenvalue weighted by molar-refractivity contribution is 0.269.